The molecule has 6 nitrogen and oxygen atoms in total. The van der Waals surface area contributed by atoms with Crippen LogP contribution >= 0.6 is 24.0 Å². The van der Waals surface area contributed by atoms with Crippen LogP contribution < -0.4 is 10.6 Å². The Hall–Kier alpha value is -2.39. The molecule has 3 N–H and O–H groups in total. The number of aliphatic imine (C=N–C) groups is 1. The maximum atomic E-state index is 9.71. The van der Waals surface area contributed by atoms with Gasteiger partial charge in [0.05, 0.1) is 13.2 Å². The molecule has 0 aliphatic heterocycles. The van der Waals surface area contributed by atoms with Crippen LogP contribution in [0.2, 0.25) is 0 Å². The van der Waals surface area contributed by atoms with E-state index in [1.54, 1.807) is 7.05 Å². The molecule has 154 valence electrons. The zero-order valence-corrected chi connectivity index (χ0v) is 18.9. The first-order valence-corrected chi connectivity index (χ1v) is 9.44. The van der Waals surface area contributed by atoms with E-state index in [4.69, 9.17) is 0 Å². The Morgan fingerprint density at radius 3 is 2.41 bits per heavy atom. The van der Waals surface area contributed by atoms with Gasteiger partial charge in [-0.15, -0.1) is 24.0 Å². The van der Waals surface area contributed by atoms with Gasteiger partial charge in [0, 0.05) is 38.4 Å². The van der Waals surface area contributed by atoms with Gasteiger partial charge in [0.1, 0.15) is 5.82 Å². The summed E-state index contributed by atoms with van der Waals surface area (Å²) in [5.74, 6) is 1.64. The third kappa shape index (κ3) is 6.86. The molecule has 0 amide bonds. The Labute approximate surface area is 189 Å². The van der Waals surface area contributed by atoms with Crippen molar-refractivity contribution in [2.24, 2.45) is 4.99 Å². The first kappa shape index (κ1) is 22.9. The predicted octanol–water partition coefficient (Wildman–Crippen LogP) is 2.99. The number of nitrogens with zero attached hydrogens (tertiary/aromatic N) is 3. The number of hydrogen-bond acceptors (Lipinski definition) is 3. The van der Waals surface area contributed by atoms with Crippen LogP contribution in [0.3, 0.4) is 0 Å². The van der Waals surface area contributed by atoms with Crippen molar-refractivity contribution in [1.29, 1.82) is 0 Å². The van der Waals surface area contributed by atoms with Gasteiger partial charge in [0.25, 0.3) is 0 Å². The fraction of sp³-hybridized carbons (Fsp3) is 0.273. The maximum absolute atomic E-state index is 9.71. The van der Waals surface area contributed by atoms with Crippen LogP contribution in [0.5, 0.6) is 0 Å². The molecule has 0 saturated carbocycles. The van der Waals surface area contributed by atoms with Gasteiger partial charge in [-0.2, -0.15) is 0 Å². The number of rotatable bonds is 8. The van der Waals surface area contributed by atoms with Gasteiger partial charge in [-0.3, -0.25) is 4.99 Å². The van der Waals surface area contributed by atoms with E-state index < -0.39 is 0 Å². The molecule has 0 bridgehead atoms. The molecule has 0 spiro atoms. The van der Waals surface area contributed by atoms with E-state index in [1.165, 1.54) is 5.56 Å². The number of aliphatic hydroxyl groups excluding tert-OH is 1. The van der Waals surface area contributed by atoms with Crippen molar-refractivity contribution in [3.05, 3.63) is 90.0 Å². The number of benzene rings is 2. The highest BCUT2D eigenvalue weighted by Gasteiger charge is 2.11. The minimum Gasteiger partial charge on any atom is -0.396 e. The van der Waals surface area contributed by atoms with Crippen LogP contribution in [0.15, 0.2) is 78.0 Å². The van der Waals surface area contributed by atoms with Crippen molar-refractivity contribution in [3.8, 4) is 0 Å². The van der Waals surface area contributed by atoms with E-state index in [1.807, 2.05) is 60.9 Å². The Kier molecular flexibility index (Phi) is 9.66. The molecule has 1 aromatic heterocycles. The molecule has 1 heterocycles. The van der Waals surface area contributed by atoms with Gasteiger partial charge in [0.2, 0.25) is 0 Å². The summed E-state index contributed by atoms with van der Waals surface area (Å²) in [6.45, 7) is 2.02. The zero-order valence-electron chi connectivity index (χ0n) is 16.5. The van der Waals surface area contributed by atoms with Gasteiger partial charge in [0.15, 0.2) is 5.96 Å². The first-order valence-electron chi connectivity index (χ1n) is 9.44. The highest BCUT2D eigenvalue weighted by molar-refractivity contribution is 14.0. The Bertz CT molecular complexity index is 867. The lowest BCUT2D eigenvalue weighted by molar-refractivity contribution is 0.265. The monoisotopic (exact) mass is 505 g/mol. The van der Waals surface area contributed by atoms with Gasteiger partial charge in [-0.25, -0.2) is 4.98 Å². The summed E-state index contributed by atoms with van der Waals surface area (Å²) < 4.78 is 2.12. The molecule has 0 saturated heterocycles. The molecular weight excluding hydrogens is 477 g/mol. The highest BCUT2D eigenvalue weighted by Crippen LogP contribution is 2.13. The van der Waals surface area contributed by atoms with E-state index in [0.717, 1.165) is 17.9 Å². The summed E-state index contributed by atoms with van der Waals surface area (Å²) in [7, 11) is 1.74. The Morgan fingerprint density at radius 1 is 1.07 bits per heavy atom. The average molecular weight is 505 g/mol. The van der Waals surface area contributed by atoms with Crippen LogP contribution in [0.4, 0.5) is 0 Å². The van der Waals surface area contributed by atoms with Crippen molar-refractivity contribution in [2.45, 2.75) is 19.0 Å². The summed E-state index contributed by atoms with van der Waals surface area (Å²) in [6, 6.07) is 20.3. The minimum absolute atomic E-state index is 0. The topological polar surface area (TPSA) is 74.5 Å². The van der Waals surface area contributed by atoms with E-state index in [9.17, 15) is 5.11 Å². The lowest BCUT2D eigenvalue weighted by atomic mass is 10.0. The SMILES string of the molecule is CN=C(NCc1nccn1Cc1ccccc1)NCC(CO)c1ccccc1.I. The largest absolute Gasteiger partial charge is 0.396 e. The third-order valence-electron chi connectivity index (χ3n) is 4.64. The van der Waals surface area contributed by atoms with Crippen molar-refractivity contribution >= 4 is 29.9 Å². The van der Waals surface area contributed by atoms with Gasteiger partial charge in [-0.05, 0) is 11.1 Å². The maximum Gasteiger partial charge on any atom is 0.191 e. The number of hydrogen-bond donors (Lipinski definition) is 3. The summed E-state index contributed by atoms with van der Waals surface area (Å²) in [5, 5.41) is 16.3. The van der Waals surface area contributed by atoms with Gasteiger partial charge < -0.3 is 20.3 Å². The number of guanidine groups is 1. The standard InChI is InChI=1S/C22H27N5O.HI/c1-23-22(25-14-20(17-28)19-10-6-3-7-11-19)26-15-21-24-12-13-27(21)16-18-8-4-2-5-9-18;/h2-13,20,28H,14-17H2,1H3,(H2,23,25,26);1H. The number of nitrogens with one attached hydrogen (secondary N) is 2. The summed E-state index contributed by atoms with van der Waals surface area (Å²) in [5.41, 5.74) is 2.34. The molecule has 29 heavy (non-hydrogen) atoms. The number of aromatic nitrogens is 2. The quantitative estimate of drug-likeness (QED) is 0.250. The van der Waals surface area contributed by atoms with Crippen LogP contribution in [-0.4, -0.2) is 40.8 Å². The normalized spacial score (nSPS) is 12.1. The molecule has 3 aromatic rings. The van der Waals surface area contributed by atoms with Gasteiger partial charge >= 0.3 is 0 Å². The summed E-state index contributed by atoms with van der Waals surface area (Å²) in [4.78, 5) is 8.73. The van der Waals surface area contributed by atoms with E-state index in [2.05, 4.69) is 37.3 Å². The van der Waals surface area contributed by atoms with E-state index in [-0.39, 0.29) is 36.5 Å². The first-order chi connectivity index (χ1) is 13.8. The molecule has 1 unspecified atom stereocenters. The van der Waals surface area contributed by atoms with Crippen LogP contribution in [-0.2, 0) is 13.1 Å². The Morgan fingerprint density at radius 2 is 1.76 bits per heavy atom. The molecule has 1 atom stereocenters. The van der Waals surface area contributed by atoms with Gasteiger partial charge in [-0.1, -0.05) is 60.7 Å². The zero-order chi connectivity index (χ0) is 19.6. The summed E-state index contributed by atoms with van der Waals surface area (Å²) >= 11 is 0. The number of halogens is 1. The molecule has 3 rings (SSSR count). The fourth-order valence-electron chi connectivity index (χ4n) is 3.05. The second-order valence-electron chi connectivity index (χ2n) is 6.55. The minimum atomic E-state index is 0. The number of aliphatic hydroxyl groups is 1. The molecule has 0 fully saturated rings. The van der Waals surface area contributed by atoms with Crippen LogP contribution in [0.1, 0.15) is 22.9 Å². The average Bonchev–Trinajstić information content (AvgIpc) is 3.19. The number of imidazole rings is 1. The van der Waals surface area contributed by atoms with Crippen LogP contribution in [0, 0.1) is 0 Å². The second kappa shape index (κ2) is 12.2. The smallest absolute Gasteiger partial charge is 0.191 e. The predicted molar refractivity (Wildman–Crippen MR) is 128 cm³/mol. The van der Waals surface area contributed by atoms with Crippen LogP contribution in [0.25, 0.3) is 0 Å². The third-order valence-corrected chi connectivity index (χ3v) is 4.64. The van der Waals surface area contributed by atoms with E-state index in [0.29, 0.717) is 19.0 Å². The van der Waals surface area contributed by atoms with E-state index >= 15 is 0 Å². The molecule has 7 heteroatoms. The molecule has 0 radical (unpaired) electrons. The molecule has 0 aliphatic carbocycles. The molecular formula is C22H28IN5O. The van der Waals surface area contributed by atoms with Crippen molar-refractivity contribution < 1.29 is 5.11 Å². The van der Waals surface area contributed by atoms with Crippen molar-refractivity contribution in [2.75, 3.05) is 20.2 Å². The second-order valence-corrected chi connectivity index (χ2v) is 6.55. The molecule has 2 aromatic carbocycles. The fourth-order valence-corrected chi connectivity index (χ4v) is 3.05. The molecule has 0 aliphatic rings. The van der Waals surface area contributed by atoms with Crippen molar-refractivity contribution in [1.82, 2.24) is 20.2 Å². The lowest BCUT2D eigenvalue weighted by Gasteiger charge is -2.18. The summed E-state index contributed by atoms with van der Waals surface area (Å²) in [6.07, 6.45) is 3.80. The highest BCUT2D eigenvalue weighted by atomic mass is 127. The lowest BCUT2D eigenvalue weighted by Crippen LogP contribution is -2.40. The van der Waals surface area contributed by atoms with Crippen molar-refractivity contribution in [3.63, 3.8) is 0 Å². The Balaban J connectivity index is 0.00000300.